The molecule has 2 N–H and O–H groups in total. The van der Waals surface area contributed by atoms with E-state index in [1.54, 1.807) is 22.7 Å². The molecule has 0 saturated heterocycles. The zero-order valence-electron chi connectivity index (χ0n) is 18.9. The van der Waals surface area contributed by atoms with E-state index in [1.807, 2.05) is 51.1 Å². The first-order valence-electron chi connectivity index (χ1n) is 10.6. The SMILES string of the molecule is Cc1ccc(-c2ccc(C(=O)NC(=S)Nc3cccc(-c4nn5c(C)nnc5s4)c3C)o2)cc1Cl. The Hall–Kier alpha value is -3.60. The van der Waals surface area contributed by atoms with Crippen LogP contribution in [0.5, 0.6) is 0 Å². The van der Waals surface area contributed by atoms with Crippen LogP contribution in [-0.2, 0) is 0 Å². The highest BCUT2D eigenvalue weighted by molar-refractivity contribution is 7.80. The van der Waals surface area contributed by atoms with E-state index in [0.29, 0.717) is 10.8 Å². The number of rotatable bonds is 4. The monoisotopic (exact) mass is 522 g/mol. The van der Waals surface area contributed by atoms with Gasteiger partial charge in [-0.3, -0.25) is 10.1 Å². The molecule has 0 aliphatic carbocycles. The Bertz CT molecular complexity index is 1600. The first-order chi connectivity index (χ1) is 16.8. The maximum Gasteiger partial charge on any atom is 0.293 e. The van der Waals surface area contributed by atoms with Crippen LogP contribution in [0.1, 0.15) is 27.5 Å². The smallest absolute Gasteiger partial charge is 0.293 e. The lowest BCUT2D eigenvalue weighted by molar-refractivity contribution is 0.0951. The van der Waals surface area contributed by atoms with Crippen LogP contribution >= 0.6 is 35.2 Å². The molecule has 0 aliphatic rings. The van der Waals surface area contributed by atoms with Crippen molar-refractivity contribution in [1.29, 1.82) is 0 Å². The van der Waals surface area contributed by atoms with Gasteiger partial charge in [-0.25, -0.2) is 0 Å². The van der Waals surface area contributed by atoms with Crippen molar-refractivity contribution in [3.8, 4) is 21.9 Å². The minimum absolute atomic E-state index is 0.140. The number of furan rings is 1. The molecule has 0 aliphatic heterocycles. The van der Waals surface area contributed by atoms with Crippen LogP contribution in [0.15, 0.2) is 52.9 Å². The molecule has 8 nitrogen and oxygen atoms in total. The summed E-state index contributed by atoms with van der Waals surface area (Å²) in [4.78, 5) is 13.4. The molecular weight excluding hydrogens is 504 g/mol. The Kier molecular flexibility index (Phi) is 6.10. The number of anilines is 1. The summed E-state index contributed by atoms with van der Waals surface area (Å²) in [6.45, 7) is 5.74. The van der Waals surface area contributed by atoms with Crippen LogP contribution in [0.2, 0.25) is 5.02 Å². The average molecular weight is 523 g/mol. The van der Waals surface area contributed by atoms with Crippen molar-refractivity contribution in [2.75, 3.05) is 5.32 Å². The number of carbonyl (C=O) groups is 1. The first kappa shape index (κ1) is 23.2. The summed E-state index contributed by atoms with van der Waals surface area (Å²) in [7, 11) is 0. The zero-order chi connectivity index (χ0) is 24.7. The third-order valence-electron chi connectivity index (χ3n) is 5.47. The molecule has 176 valence electrons. The van der Waals surface area contributed by atoms with Crippen molar-refractivity contribution in [3.63, 3.8) is 0 Å². The number of halogens is 1. The second-order valence-electron chi connectivity index (χ2n) is 7.86. The molecule has 0 bridgehead atoms. The van der Waals surface area contributed by atoms with Gasteiger partial charge in [0.05, 0.1) is 0 Å². The zero-order valence-corrected chi connectivity index (χ0v) is 21.3. The molecular formula is C24H19ClN6O2S2. The molecule has 11 heteroatoms. The lowest BCUT2D eigenvalue weighted by atomic mass is 10.1. The summed E-state index contributed by atoms with van der Waals surface area (Å²) >= 11 is 13.0. The topological polar surface area (TPSA) is 97.4 Å². The highest BCUT2D eigenvalue weighted by Crippen LogP contribution is 2.32. The molecule has 0 saturated carbocycles. The summed E-state index contributed by atoms with van der Waals surface area (Å²) in [5.74, 6) is 0.955. The summed E-state index contributed by atoms with van der Waals surface area (Å²) in [5, 5.41) is 20.1. The molecule has 3 aromatic heterocycles. The molecule has 1 amide bonds. The number of amides is 1. The van der Waals surface area contributed by atoms with Crippen LogP contribution in [-0.4, -0.2) is 30.8 Å². The molecule has 5 rings (SSSR count). The molecule has 35 heavy (non-hydrogen) atoms. The fourth-order valence-electron chi connectivity index (χ4n) is 3.51. The van der Waals surface area contributed by atoms with Crippen LogP contribution in [0.4, 0.5) is 5.69 Å². The van der Waals surface area contributed by atoms with Gasteiger partial charge in [-0.05, 0) is 68.4 Å². The van der Waals surface area contributed by atoms with Gasteiger partial charge in [0.1, 0.15) is 10.8 Å². The van der Waals surface area contributed by atoms with E-state index >= 15 is 0 Å². The maximum atomic E-state index is 12.7. The molecule has 0 atom stereocenters. The van der Waals surface area contributed by atoms with E-state index in [0.717, 1.165) is 43.7 Å². The van der Waals surface area contributed by atoms with E-state index in [4.69, 9.17) is 28.2 Å². The molecule has 0 radical (unpaired) electrons. The third kappa shape index (κ3) is 4.55. The summed E-state index contributed by atoms with van der Waals surface area (Å²) < 4.78 is 7.45. The molecule has 0 unspecified atom stereocenters. The highest BCUT2D eigenvalue weighted by Gasteiger charge is 2.17. The predicted molar refractivity (Wildman–Crippen MR) is 141 cm³/mol. The van der Waals surface area contributed by atoms with Crippen LogP contribution < -0.4 is 10.6 Å². The Morgan fingerprint density at radius 3 is 2.71 bits per heavy atom. The quantitative estimate of drug-likeness (QED) is 0.287. The van der Waals surface area contributed by atoms with E-state index in [-0.39, 0.29) is 10.9 Å². The highest BCUT2D eigenvalue weighted by atomic mass is 35.5. The minimum Gasteiger partial charge on any atom is -0.451 e. The number of thiocarbonyl (C=S) groups is 1. The summed E-state index contributed by atoms with van der Waals surface area (Å²) in [6, 6.07) is 14.7. The summed E-state index contributed by atoms with van der Waals surface area (Å²) in [6.07, 6.45) is 0. The van der Waals surface area contributed by atoms with Gasteiger partial charge in [0.15, 0.2) is 16.7 Å². The second kappa shape index (κ2) is 9.21. The Morgan fingerprint density at radius 2 is 1.94 bits per heavy atom. The Balaban J connectivity index is 1.30. The fraction of sp³-hybridized carbons (Fsp3) is 0.125. The largest absolute Gasteiger partial charge is 0.451 e. The normalized spacial score (nSPS) is 11.1. The van der Waals surface area contributed by atoms with Gasteiger partial charge in [-0.2, -0.15) is 9.61 Å². The van der Waals surface area contributed by atoms with Gasteiger partial charge in [-0.15, -0.1) is 10.2 Å². The van der Waals surface area contributed by atoms with Gasteiger partial charge in [-0.1, -0.05) is 47.2 Å². The van der Waals surface area contributed by atoms with Crippen LogP contribution in [0.25, 0.3) is 26.9 Å². The van der Waals surface area contributed by atoms with Gasteiger partial charge in [0, 0.05) is 21.8 Å². The van der Waals surface area contributed by atoms with E-state index in [2.05, 4.69) is 25.9 Å². The minimum atomic E-state index is -0.454. The van der Waals surface area contributed by atoms with Crippen molar-refractivity contribution in [2.45, 2.75) is 20.8 Å². The van der Waals surface area contributed by atoms with E-state index in [1.165, 1.54) is 11.3 Å². The number of carbonyl (C=O) groups excluding carboxylic acids is 1. The van der Waals surface area contributed by atoms with Crippen molar-refractivity contribution < 1.29 is 9.21 Å². The number of hydrogen-bond acceptors (Lipinski definition) is 7. The van der Waals surface area contributed by atoms with Crippen molar-refractivity contribution >= 4 is 56.8 Å². The van der Waals surface area contributed by atoms with E-state index in [9.17, 15) is 4.79 Å². The molecule has 5 aromatic rings. The average Bonchev–Trinajstić information content (AvgIpc) is 3.55. The van der Waals surface area contributed by atoms with Crippen LogP contribution in [0, 0.1) is 20.8 Å². The van der Waals surface area contributed by atoms with E-state index < -0.39 is 5.91 Å². The van der Waals surface area contributed by atoms with Gasteiger partial charge in [0.25, 0.3) is 5.91 Å². The molecule has 0 fully saturated rings. The Morgan fingerprint density at radius 1 is 1.11 bits per heavy atom. The van der Waals surface area contributed by atoms with Gasteiger partial charge >= 0.3 is 0 Å². The fourth-order valence-corrected chi connectivity index (χ4v) is 4.86. The number of aromatic nitrogens is 4. The maximum absolute atomic E-state index is 12.7. The second-order valence-corrected chi connectivity index (χ2v) is 9.63. The lowest BCUT2D eigenvalue weighted by Gasteiger charge is -2.13. The predicted octanol–water partition coefficient (Wildman–Crippen LogP) is 5.82. The third-order valence-corrected chi connectivity index (χ3v) is 7.02. The number of hydrogen-bond donors (Lipinski definition) is 2. The number of aryl methyl sites for hydroxylation is 2. The number of nitrogens with zero attached hydrogens (tertiary/aromatic N) is 4. The number of nitrogens with one attached hydrogen (secondary N) is 2. The van der Waals surface area contributed by atoms with Gasteiger partial charge in [0.2, 0.25) is 4.96 Å². The van der Waals surface area contributed by atoms with Crippen molar-refractivity contribution in [2.24, 2.45) is 0 Å². The Labute approximate surface area is 214 Å². The van der Waals surface area contributed by atoms with Gasteiger partial charge < -0.3 is 9.73 Å². The lowest BCUT2D eigenvalue weighted by Crippen LogP contribution is -2.34. The van der Waals surface area contributed by atoms with Crippen molar-refractivity contribution in [1.82, 2.24) is 25.1 Å². The van der Waals surface area contributed by atoms with Crippen molar-refractivity contribution in [3.05, 3.63) is 76.3 Å². The molecule has 3 heterocycles. The van der Waals surface area contributed by atoms with Crippen LogP contribution in [0.3, 0.4) is 0 Å². The number of fused-ring (bicyclic) bond motifs is 1. The first-order valence-corrected chi connectivity index (χ1v) is 12.2. The summed E-state index contributed by atoms with van der Waals surface area (Å²) in [5.41, 5.74) is 4.38. The molecule has 0 spiro atoms. The molecule has 2 aromatic carbocycles. The number of benzene rings is 2. The standard InChI is InChI=1S/C24H19ClN6O2S2/c1-12-7-8-15(11-17(12)25)19-9-10-20(33-19)21(32)27-23(34)26-18-6-4-5-16(13(18)2)22-30-31-14(3)28-29-24(31)35-22/h4-11H,1-3H3,(H2,26,27,32,34).